The van der Waals surface area contributed by atoms with Crippen molar-refractivity contribution in [3.8, 4) is 11.5 Å². The monoisotopic (exact) mass is 634 g/mol. The summed E-state index contributed by atoms with van der Waals surface area (Å²) in [6.07, 6.45) is 1.36. The van der Waals surface area contributed by atoms with Crippen LogP contribution in [0.2, 0.25) is 5.02 Å². The molecule has 1 fully saturated rings. The molecule has 41 heavy (non-hydrogen) atoms. The molecule has 0 unspecified atom stereocenters. The summed E-state index contributed by atoms with van der Waals surface area (Å²) in [5.41, 5.74) is 1.96. The molecule has 1 aliphatic rings. The smallest absolute Gasteiger partial charge is 0.335 e. The maximum atomic E-state index is 13.4. The van der Waals surface area contributed by atoms with Gasteiger partial charge in [0.05, 0.1) is 5.69 Å². The lowest BCUT2D eigenvalue weighted by molar-refractivity contribution is -0.122. The summed E-state index contributed by atoms with van der Waals surface area (Å²) in [6.45, 7) is 0.371. The Morgan fingerprint density at radius 2 is 1.61 bits per heavy atom. The van der Waals surface area contributed by atoms with Gasteiger partial charge in [0.25, 0.3) is 11.8 Å². The number of hydrogen-bond donors (Lipinski definition) is 1. The van der Waals surface area contributed by atoms with E-state index >= 15 is 0 Å². The SMILES string of the molecule is O=C1NC(=O)N(c2ccc(OCc3ccccc3Cl)cc2)C(=O)/C1=C/c1cc(Br)ccc1OCc1ccc(F)cc1. The zero-order valence-electron chi connectivity index (χ0n) is 21.3. The quantitative estimate of drug-likeness (QED) is 0.165. The number of imide groups is 2. The number of carbonyl (C=O) groups excluding carboxylic acids is 3. The van der Waals surface area contributed by atoms with Crippen LogP contribution in [0.3, 0.4) is 0 Å². The largest absolute Gasteiger partial charge is 0.489 e. The number of halogens is 3. The van der Waals surface area contributed by atoms with Gasteiger partial charge >= 0.3 is 6.03 Å². The number of amides is 4. The third-order valence-electron chi connectivity index (χ3n) is 6.13. The summed E-state index contributed by atoms with van der Waals surface area (Å²) in [4.78, 5) is 39.7. The Morgan fingerprint density at radius 1 is 0.878 bits per heavy atom. The third kappa shape index (κ3) is 6.65. The number of benzene rings is 4. The van der Waals surface area contributed by atoms with Crippen LogP contribution in [0.25, 0.3) is 6.08 Å². The van der Waals surface area contributed by atoms with E-state index < -0.39 is 17.8 Å². The second kappa shape index (κ2) is 12.4. The van der Waals surface area contributed by atoms with Crippen LogP contribution in [-0.2, 0) is 22.8 Å². The first-order valence-corrected chi connectivity index (χ1v) is 13.5. The third-order valence-corrected chi connectivity index (χ3v) is 6.99. The van der Waals surface area contributed by atoms with Crippen LogP contribution in [0, 0.1) is 5.82 Å². The predicted molar refractivity (Wildman–Crippen MR) is 156 cm³/mol. The molecule has 0 aliphatic carbocycles. The molecule has 10 heteroatoms. The summed E-state index contributed by atoms with van der Waals surface area (Å²) in [5.74, 6) is -1.10. The lowest BCUT2D eigenvalue weighted by Gasteiger charge is -2.26. The van der Waals surface area contributed by atoms with Crippen LogP contribution in [0.5, 0.6) is 11.5 Å². The predicted octanol–water partition coefficient (Wildman–Crippen LogP) is 7.07. The van der Waals surface area contributed by atoms with Crippen LogP contribution in [0.1, 0.15) is 16.7 Å². The number of rotatable bonds is 8. The fourth-order valence-electron chi connectivity index (χ4n) is 4.02. The Morgan fingerprint density at radius 3 is 2.34 bits per heavy atom. The zero-order chi connectivity index (χ0) is 28.9. The molecule has 0 atom stereocenters. The molecule has 0 spiro atoms. The van der Waals surface area contributed by atoms with Gasteiger partial charge in [-0.3, -0.25) is 14.9 Å². The van der Waals surface area contributed by atoms with E-state index in [9.17, 15) is 18.8 Å². The molecule has 4 aromatic carbocycles. The van der Waals surface area contributed by atoms with Crippen LogP contribution >= 0.6 is 27.5 Å². The summed E-state index contributed by atoms with van der Waals surface area (Å²) in [7, 11) is 0. The van der Waals surface area contributed by atoms with Crippen molar-refractivity contribution in [2.75, 3.05) is 4.90 Å². The number of carbonyl (C=O) groups is 3. The van der Waals surface area contributed by atoms with E-state index in [0.29, 0.717) is 26.6 Å². The van der Waals surface area contributed by atoms with Gasteiger partial charge in [-0.2, -0.15) is 0 Å². The second-order valence-electron chi connectivity index (χ2n) is 8.93. The van der Waals surface area contributed by atoms with Gasteiger partial charge in [0.1, 0.15) is 36.1 Å². The highest BCUT2D eigenvalue weighted by molar-refractivity contribution is 9.10. The highest BCUT2D eigenvalue weighted by Crippen LogP contribution is 2.29. The lowest BCUT2D eigenvalue weighted by atomic mass is 10.1. The Balaban J connectivity index is 1.36. The van der Waals surface area contributed by atoms with Crippen molar-refractivity contribution >= 4 is 57.1 Å². The standard InChI is InChI=1S/C31H21BrClFN2O5/c32-22-7-14-28(41-17-19-5-8-23(34)9-6-19)21(15-22)16-26-29(37)35-31(39)36(30(26)38)24-10-12-25(13-11-24)40-18-20-3-1-2-4-27(20)33/h1-16H,17-18H2,(H,35,37,39)/b26-16+. The van der Waals surface area contributed by atoms with Gasteiger partial charge in [-0.05, 0) is 72.3 Å². The van der Waals surface area contributed by atoms with Crippen LogP contribution in [0.15, 0.2) is 101 Å². The van der Waals surface area contributed by atoms with E-state index in [0.717, 1.165) is 16.0 Å². The van der Waals surface area contributed by atoms with Crippen molar-refractivity contribution in [3.05, 3.63) is 129 Å². The number of hydrogen-bond acceptors (Lipinski definition) is 5. The molecule has 5 rings (SSSR count). The highest BCUT2D eigenvalue weighted by atomic mass is 79.9. The molecule has 0 radical (unpaired) electrons. The maximum absolute atomic E-state index is 13.4. The van der Waals surface area contributed by atoms with E-state index in [4.69, 9.17) is 21.1 Å². The molecule has 7 nitrogen and oxygen atoms in total. The van der Waals surface area contributed by atoms with Crippen molar-refractivity contribution < 1.29 is 28.2 Å². The minimum Gasteiger partial charge on any atom is -0.489 e. The normalized spacial score (nSPS) is 14.3. The summed E-state index contributed by atoms with van der Waals surface area (Å²) < 4.78 is 25.6. The Hall–Kier alpha value is -4.47. The van der Waals surface area contributed by atoms with Gasteiger partial charge < -0.3 is 9.47 Å². The van der Waals surface area contributed by atoms with Gasteiger partial charge in [-0.15, -0.1) is 0 Å². The van der Waals surface area contributed by atoms with Gasteiger partial charge in [-0.25, -0.2) is 14.1 Å². The van der Waals surface area contributed by atoms with Gasteiger partial charge in [0, 0.05) is 20.6 Å². The summed E-state index contributed by atoms with van der Waals surface area (Å²) in [5, 5.41) is 2.80. The first-order chi connectivity index (χ1) is 19.8. The fraction of sp³-hybridized carbons (Fsp3) is 0.0645. The Bertz CT molecular complexity index is 1660. The molecule has 0 bridgehead atoms. The number of barbiturate groups is 1. The minimum absolute atomic E-state index is 0.133. The first kappa shape index (κ1) is 28.1. The maximum Gasteiger partial charge on any atom is 0.335 e. The topological polar surface area (TPSA) is 84.9 Å². The van der Waals surface area contributed by atoms with Crippen LogP contribution in [0.4, 0.5) is 14.9 Å². The number of urea groups is 1. The second-order valence-corrected chi connectivity index (χ2v) is 10.3. The molecule has 4 amide bonds. The van der Waals surface area contributed by atoms with Crippen LogP contribution < -0.4 is 19.7 Å². The van der Waals surface area contributed by atoms with Gasteiger partial charge in [-0.1, -0.05) is 57.9 Å². The number of nitrogens with zero attached hydrogens (tertiary/aromatic N) is 1. The van der Waals surface area contributed by atoms with Crippen molar-refractivity contribution in [3.63, 3.8) is 0 Å². The van der Waals surface area contributed by atoms with E-state index in [-0.39, 0.29) is 30.3 Å². The Kier molecular flexibility index (Phi) is 8.47. The first-order valence-electron chi connectivity index (χ1n) is 12.3. The van der Waals surface area contributed by atoms with Gasteiger partial charge in [0.15, 0.2) is 0 Å². The molecular formula is C31H21BrClFN2O5. The van der Waals surface area contributed by atoms with Gasteiger partial charge in [0.2, 0.25) is 0 Å². The Labute approximate surface area is 248 Å². The number of ether oxygens (including phenoxy) is 2. The molecule has 206 valence electrons. The molecule has 1 N–H and O–H groups in total. The summed E-state index contributed by atoms with van der Waals surface area (Å²) >= 11 is 9.57. The van der Waals surface area contributed by atoms with E-state index in [2.05, 4.69) is 21.2 Å². The number of nitrogens with one attached hydrogen (secondary N) is 1. The fourth-order valence-corrected chi connectivity index (χ4v) is 4.59. The molecule has 0 saturated carbocycles. The molecule has 0 aromatic heterocycles. The van der Waals surface area contributed by atoms with Crippen LogP contribution in [-0.4, -0.2) is 17.8 Å². The molecule has 1 saturated heterocycles. The van der Waals surface area contributed by atoms with Crippen molar-refractivity contribution in [1.82, 2.24) is 5.32 Å². The summed E-state index contributed by atoms with van der Waals surface area (Å²) in [6, 6.07) is 23.7. The van der Waals surface area contributed by atoms with Crippen molar-refractivity contribution in [2.45, 2.75) is 13.2 Å². The van der Waals surface area contributed by atoms with Crippen molar-refractivity contribution in [1.29, 1.82) is 0 Å². The molecular weight excluding hydrogens is 615 g/mol. The zero-order valence-corrected chi connectivity index (χ0v) is 23.6. The number of anilines is 1. The molecule has 1 aliphatic heterocycles. The average molecular weight is 636 g/mol. The van der Waals surface area contributed by atoms with Crippen molar-refractivity contribution in [2.24, 2.45) is 0 Å². The lowest BCUT2D eigenvalue weighted by Crippen LogP contribution is -2.54. The van der Waals surface area contributed by atoms with E-state index in [1.54, 1.807) is 60.7 Å². The van der Waals surface area contributed by atoms with E-state index in [1.165, 1.54) is 18.2 Å². The van der Waals surface area contributed by atoms with E-state index in [1.807, 2.05) is 18.2 Å². The molecule has 4 aromatic rings. The highest BCUT2D eigenvalue weighted by Gasteiger charge is 2.37. The average Bonchev–Trinajstić information content (AvgIpc) is 2.96. The molecule has 1 heterocycles. The minimum atomic E-state index is -0.871.